The molecule has 0 unspecified atom stereocenters. The Hall–Kier alpha value is -1.10. The van der Waals surface area contributed by atoms with E-state index in [0.717, 1.165) is 11.3 Å². The lowest BCUT2D eigenvalue weighted by Crippen LogP contribution is -2.08. The number of hydrogen-bond donors (Lipinski definition) is 1. The smallest absolute Gasteiger partial charge is 0.231 e. The number of halogens is 2. The molecule has 1 aromatic rings. The predicted octanol–water partition coefficient (Wildman–Crippen LogP) is 2.83. The summed E-state index contributed by atoms with van der Waals surface area (Å²) in [4.78, 5) is 0. The zero-order valence-corrected chi connectivity index (χ0v) is 11.3. The van der Waals surface area contributed by atoms with E-state index >= 15 is 0 Å². The van der Waals surface area contributed by atoms with Crippen molar-refractivity contribution in [1.82, 2.24) is 5.32 Å². The van der Waals surface area contributed by atoms with Crippen LogP contribution in [0.3, 0.4) is 0 Å². The summed E-state index contributed by atoms with van der Waals surface area (Å²) in [5, 5.41) is 3.50. The van der Waals surface area contributed by atoms with E-state index in [1.54, 1.807) is 6.07 Å². The molecule has 6 heteroatoms. The molecule has 18 heavy (non-hydrogen) atoms. The molecular formula is C12H13Cl2NO3. The maximum absolute atomic E-state index is 5.79. The van der Waals surface area contributed by atoms with Crippen molar-refractivity contribution in [2.75, 3.05) is 20.4 Å². The molecule has 0 spiro atoms. The van der Waals surface area contributed by atoms with Crippen LogP contribution in [0.4, 0.5) is 0 Å². The molecule has 1 heterocycles. The van der Waals surface area contributed by atoms with E-state index < -0.39 is 0 Å². The van der Waals surface area contributed by atoms with Gasteiger partial charge in [-0.2, -0.15) is 0 Å². The van der Waals surface area contributed by atoms with E-state index in [0.29, 0.717) is 23.1 Å². The second kappa shape index (κ2) is 6.18. The van der Waals surface area contributed by atoms with Crippen LogP contribution in [-0.2, 0) is 6.54 Å². The van der Waals surface area contributed by atoms with Crippen molar-refractivity contribution in [1.29, 1.82) is 0 Å². The van der Waals surface area contributed by atoms with Crippen LogP contribution >= 0.6 is 23.2 Å². The Labute approximate surface area is 115 Å². The van der Waals surface area contributed by atoms with Crippen LogP contribution in [0.5, 0.6) is 17.2 Å². The van der Waals surface area contributed by atoms with Gasteiger partial charge in [-0.3, -0.25) is 0 Å². The average molecular weight is 290 g/mol. The first-order valence-electron chi connectivity index (χ1n) is 5.39. The summed E-state index contributed by atoms with van der Waals surface area (Å²) in [6.07, 6.45) is 0. The van der Waals surface area contributed by atoms with Crippen LogP contribution in [0.1, 0.15) is 5.56 Å². The lowest BCUT2D eigenvalue weighted by molar-refractivity contribution is 0.174. The second-order valence-corrected chi connectivity index (χ2v) is 4.39. The Morgan fingerprint density at radius 2 is 2.17 bits per heavy atom. The minimum atomic E-state index is 0.224. The van der Waals surface area contributed by atoms with E-state index in [1.807, 2.05) is 13.1 Å². The predicted molar refractivity (Wildman–Crippen MR) is 70.6 cm³/mol. The molecule has 1 aliphatic rings. The van der Waals surface area contributed by atoms with Gasteiger partial charge in [-0.05, 0) is 13.1 Å². The minimum Gasteiger partial charge on any atom is -0.487 e. The molecule has 0 fully saturated rings. The van der Waals surface area contributed by atoms with E-state index in [9.17, 15) is 0 Å². The molecule has 0 radical (unpaired) electrons. The third-order valence-electron chi connectivity index (χ3n) is 2.41. The fourth-order valence-electron chi connectivity index (χ4n) is 1.61. The van der Waals surface area contributed by atoms with Crippen molar-refractivity contribution in [3.63, 3.8) is 0 Å². The van der Waals surface area contributed by atoms with Gasteiger partial charge >= 0.3 is 0 Å². The van der Waals surface area contributed by atoms with Crippen molar-refractivity contribution in [2.24, 2.45) is 0 Å². The second-order valence-electron chi connectivity index (χ2n) is 3.69. The standard InChI is InChI=1S/C12H13Cl2NO3/c1-15-5-8-2-11-12(18-7-17-11)3-10(8)16-6-9(14)4-13/h2-4,15H,5-7H2,1H3. The summed E-state index contributed by atoms with van der Waals surface area (Å²) >= 11 is 11.3. The zero-order valence-electron chi connectivity index (χ0n) is 9.83. The van der Waals surface area contributed by atoms with Crippen LogP contribution in [0, 0.1) is 0 Å². The Kier molecular flexibility index (Phi) is 4.58. The zero-order chi connectivity index (χ0) is 13.0. The highest BCUT2D eigenvalue weighted by atomic mass is 35.5. The van der Waals surface area contributed by atoms with Gasteiger partial charge in [-0.25, -0.2) is 0 Å². The summed E-state index contributed by atoms with van der Waals surface area (Å²) in [5.74, 6) is 2.10. The Morgan fingerprint density at radius 3 is 2.83 bits per heavy atom. The average Bonchev–Trinajstić information content (AvgIpc) is 2.83. The lowest BCUT2D eigenvalue weighted by Gasteiger charge is -2.12. The van der Waals surface area contributed by atoms with Gasteiger partial charge in [-0.15, -0.1) is 0 Å². The largest absolute Gasteiger partial charge is 0.487 e. The van der Waals surface area contributed by atoms with Crippen LogP contribution in [0.25, 0.3) is 0 Å². The fraction of sp³-hybridized carbons (Fsp3) is 0.333. The summed E-state index contributed by atoms with van der Waals surface area (Å²) in [6.45, 7) is 1.12. The van der Waals surface area contributed by atoms with E-state index in [1.165, 1.54) is 5.54 Å². The van der Waals surface area contributed by atoms with Crippen LogP contribution in [-0.4, -0.2) is 20.4 Å². The van der Waals surface area contributed by atoms with Crippen LogP contribution in [0.2, 0.25) is 0 Å². The number of ether oxygens (including phenoxy) is 3. The van der Waals surface area contributed by atoms with Gasteiger partial charge in [-0.1, -0.05) is 23.2 Å². The van der Waals surface area contributed by atoms with Crippen molar-refractivity contribution in [3.05, 3.63) is 28.3 Å². The highest BCUT2D eigenvalue weighted by Gasteiger charge is 2.17. The topological polar surface area (TPSA) is 39.7 Å². The van der Waals surface area contributed by atoms with Gasteiger partial charge in [0.1, 0.15) is 12.4 Å². The first kappa shape index (κ1) is 13.3. The molecule has 0 saturated carbocycles. The van der Waals surface area contributed by atoms with Gasteiger partial charge in [0.25, 0.3) is 0 Å². The third-order valence-corrected chi connectivity index (χ3v) is 3.00. The van der Waals surface area contributed by atoms with Gasteiger partial charge in [0, 0.05) is 23.7 Å². The maximum atomic E-state index is 5.79. The van der Waals surface area contributed by atoms with E-state index in [2.05, 4.69) is 5.32 Å². The SMILES string of the molecule is CNCc1cc2c(cc1OCC(Cl)=CCl)OCO2. The van der Waals surface area contributed by atoms with Crippen molar-refractivity contribution in [2.45, 2.75) is 6.54 Å². The quantitative estimate of drug-likeness (QED) is 0.905. The van der Waals surface area contributed by atoms with Crippen LogP contribution < -0.4 is 19.5 Å². The third kappa shape index (κ3) is 3.02. The van der Waals surface area contributed by atoms with Crippen molar-refractivity contribution >= 4 is 23.2 Å². The number of benzene rings is 1. The molecule has 2 rings (SSSR count). The molecule has 1 N–H and O–H groups in total. The summed E-state index contributed by atoms with van der Waals surface area (Å²) < 4.78 is 16.2. The van der Waals surface area contributed by atoms with E-state index in [-0.39, 0.29) is 13.4 Å². The highest BCUT2D eigenvalue weighted by Crippen LogP contribution is 2.38. The van der Waals surface area contributed by atoms with Gasteiger partial charge < -0.3 is 19.5 Å². The molecule has 4 nitrogen and oxygen atoms in total. The molecule has 0 bridgehead atoms. The normalized spacial score (nSPS) is 13.8. The molecular weight excluding hydrogens is 277 g/mol. The van der Waals surface area contributed by atoms with Crippen molar-refractivity contribution in [3.8, 4) is 17.2 Å². The Balaban J connectivity index is 2.21. The minimum absolute atomic E-state index is 0.224. The van der Waals surface area contributed by atoms with E-state index in [4.69, 9.17) is 37.4 Å². The number of rotatable bonds is 5. The first-order valence-corrected chi connectivity index (χ1v) is 6.20. The molecule has 0 saturated heterocycles. The molecule has 0 aromatic heterocycles. The summed E-state index contributed by atoms with van der Waals surface area (Å²) in [5.41, 5.74) is 2.26. The molecule has 1 aliphatic heterocycles. The van der Waals surface area contributed by atoms with Crippen LogP contribution in [0.15, 0.2) is 22.7 Å². The summed E-state index contributed by atoms with van der Waals surface area (Å²) in [7, 11) is 1.86. The number of nitrogens with one attached hydrogen (secondary N) is 1. The molecule has 0 amide bonds. The first-order chi connectivity index (χ1) is 8.74. The summed E-state index contributed by atoms with van der Waals surface area (Å²) in [6, 6.07) is 3.69. The maximum Gasteiger partial charge on any atom is 0.231 e. The molecule has 98 valence electrons. The molecule has 1 aromatic carbocycles. The Bertz CT molecular complexity index is 463. The molecule has 0 aliphatic carbocycles. The highest BCUT2D eigenvalue weighted by molar-refractivity contribution is 6.36. The van der Waals surface area contributed by atoms with Gasteiger partial charge in [0.2, 0.25) is 6.79 Å². The Morgan fingerprint density at radius 1 is 1.44 bits per heavy atom. The molecule has 0 atom stereocenters. The van der Waals surface area contributed by atoms with Crippen molar-refractivity contribution < 1.29 is 14.2 Å². The number of fused-ring (bicyclic) bond motifs is 1. The monoisotopic (exact) mass is 289 g/mol. The van der Waals surface area contributed by atoms with Gasteiger partial charge in [0.05, 0.1) is 5.03 Å². The van der Waals surface area contributed by atoms with Gasteiger partial charge in [0.15, 0.2) is 11.5 Å². The number of hydrogen-bond acceptors (Lipinski definition) is 4. The fourth-order valence-corrected chi connectivity index (χ4v) is 1.72. The lowest BCUT2D eigenvalue weighted by atomic mass is 10.1.